The summed E-state index contributed by atoms with van der Waals surface area (Å²) in [5.74, 6) is 1.10. The third-order valence-corrected chi connectivity index (χ3v) is 4.46. The fraction of sp³-hybridized carbons (Fsp3) is 0.857. The molecule has 0 aromatic rings. The maximum atomic E-state index is 12.0. The molecule has 2 fully saturated rings. The lowest BCUT2D eigenvalue weighted by atomic mass is 9.84. The van der Waals surface area contributed by atoms with Crippen molar-refractivity contribution in [2.75, 3.05) is 26.7 Å². The molecule has 2 unspecified atom stereocenters. The largest absolute Gasteiger partial charge is 0.344 e. The Morgan fingerprint density at radius 1 is 1.42 bits per heavy atom. The summed E-state index contributed by atoms with van der Waals surface area (Å²) >= 11 is 0. The number of carbonyl (C=O) groups is 2. The van der Waals surface area contributed by atoms with Gasteiger partial charge in [-0.15, -0.1) is 0 Å². The number of carbonyl (C=O) groups excluding carboxylic acids is 2. The van der Waals surface area contributed by atoms with Gasteiger partial charge < -0.3 is 15.5 Å². The zero-order valence-electron chi connectivity index (χ0n) is 11.9. The van der Waals surface area contributed by atoms with Crippen LogP contribution in [0.5, 0.6) is 0 Å². The Labute approximate surface area is 115 Å². The molecule has 108 valence electrons. The van der Waals surface area contributed by atoms with Crippen LogP contribution in [0.1, 0.15) is 32.6 Å². The molecule has 2 amide bonds. The van der Waals surface area contributed by atoms with E-state index in [9.17, 15) is 9.59 Å². The first-order valence-electron chi connectivity index (χ1n) is 7.33. The van der Waals surface area contributed by atoms with Crippen LogP contribution in [0.3, 0.4) is 0 Å². The first-order valence-corrected chi connectivity index (χ1v) is 7.33. The summed E-state index contributed by atoms with van der Waals surface area (Å²) in [5.41, 5.74) is 0. The van der Waals surface area contributed by atoms with Gasteiger partial charge in [-0.2, -0.15) is 0 Å². The van der Waals surface area contributed by atoms with E-state index in [2.05, 4.69) is 17.6 Å². The van der Waals surface area contributed by atoms with Gasteiger partial charge in [0.2, 0.25) is 11.8 Å². The van der Waals surface area contributed by atoms with E-state index in [1.807, 2.05) is 0 Å². The second-order valence-electron chi connectivity index (χ2n) is 5.94. The number of rotatable bonds is 4. The molecule has 19 heavy (non-hydrogen) atoms. The van der Waals surface area contributed by atoms with Crippen LogP contribution < -0.4 is 10.6 Å². The van der Waals surface area contributed by atoms with Crippen molar-refractivity contribution in [3.8, 4) is 0 Å². The van der Waals surface area contributed by atoms with Gasteiger partial charge in [-0.3, -0.25) is 9.59 Å². The Balaban J connectivity index is 1.76. The third kappa shape index (κ3) is 3.69. The summed E-state index contributed by atoms with van der Waals surface area (Å²) in [6.45, 7) is 5.01. The summed E-state index contributed by atoms with van der Waals surface area (Å²) in [7, 11) is 1.78. The molecule has 0 aliphatic carbocycles. The Kier molecular flexibility index (Phi) is 4.80. The zero-order valence-corrected chi connectivity index (χ0v) is 11.9. The molecule has 2 rings (SSSR count). The van der Waals surface area contributed by atoms with Gasteiger partial charge in [0.05, 0.1) is 0 Å². The molecule has 0 bridgehead atoms. The molecule has 2 atom stereocenters. The minimum atomic E-state index is -0.294. The van der Waals surface area contributed by atoms with Gasteiger partial charge in [-0.05, 0) is 44.2 Å². The van der Waals surface area contributed by atoms with Crippen LogP contribution in [-0.2, 0) is 9.59 Å². The van der Waals surface area contributed by atoms with Crippen molar-refractivity contribution in [3.05, 3.63) is 0 Å². The molecule has 5 heteroatoms. The summed E-state index contributed by atoms with van der Waals surface area (Å²) in [5, 5.41) is 6.22. The maximum Gasteiger partial charge on any atom is 0.244 e. The predicted molar refractivity (Wildman–Crippen MR) is 73.6 cm³/mol. The molecular weight excluding hydrogens is 242 g/mol. The molecule has 2 aliphatic heterocycles. The molecule has 0 aromatic heterocycles. The monoisotopic (exact) mass is 267 g/mol. The van der Waals surface area contributed by atoms with Crippen molar-refractivity contribution in [2.45, 2.75) is 38.6 Å². The second kappa shape index (κ2) is 6.37. The average Bonchev–Trinajstić information content (AvgIpc) is 2.71. The molecule has 2 heterocycles. The Morgan fingerprint density at radius 2 is 2.11 bits per heavy atom. The van der Waals surface area contributed by atoms with Gasteiger partial charge >= 0.3 is 0 Å². The third-order valence-electron chi connectivity index (χ3n) is 4.46. The molecule has 5 nitrogen and oxygen atoms in total. The average molecular weight is 267 g/mol. The van der Waals surface area contributed by atoms with E-state index in [1.54, 1.807) is 11.9 Å². The molecule has 0 saturated carbocycles. The van der Waals surface area contributed by atoms with E-state index in [-0.39, 0.29) is 17.9 Å². The molecule has 2 saturated heterocycles. The quantitative estimate of drug-likeness (QED) is 0.773. The van der Waals surface area contributed by atoms with Crippen molar-refractivity contribution in [3.63, 3.8) is 0 Å². The number of nitrogens with zero attached hydrogens (tertiary/aromatic N) is 1. The summed E-state index contributed by atoms with van der Waals surface area (Å²) < 4.78 is 0. The Morgan fingerprint density at radius 3 is 2.68 bits per heavy atom. The highest BCUT2D eigenvalue weighted by atomic mass is 16.2. The molecular formula is C14H25N3O2. The minimum Gasteiger partial charge on any atom is -0.344 e. The fourth-order valence-electron chi connectivity index (χ4n) is 3.08. The number of nitrogens with one attached hydrogen (secondary N) is 2. The van der Waals surface area contributed by atoms with E-state index >= 15 is 0 Å². The van der Waals surface area contributed by atoms with Crippen LogP contribution in [0.25, 0.3) is 0 Å². The maximum absolute atomic E-state index is 12.0. The molecule has 0 aromatic carbocycles. The van der Waals surface area contributed by atoms with Crippen LogP contribution in [0.2, 0.25) is 0 Å². The molecule has 2 N–H and O–H groups in total. The van der Waals surface area contributed by atoms with Crippen molar-refractivity contribution in [1.29, 1.82) is 0 Å². The highest BCUT2D eigenvalue weighted by molar-refractivity contribution is 5.89. The number of likely N-dealkylation sites (N-methyl/N-ethyl adjacent to an activating group) is 1. The minimum absolute atomic E-state index is 0.0275. The van der Waals surface area contributed by atoms with Crippen molar-refractivity contribution in [2.24, 2.45) is 11.8 Å². The van der Waals surface area contributed by atoms with Crippen LogP contribution in [0.4, 0.5) is 0 Å². The zero-order chi connectivity index (χ0) is 13.8. The predicted octanol–water partition coefficient (Wildman–Crippen LogP) is 0.359. The summed E-state index contributed by atoms with van der Waals surface area (Å²) in [6.07, 6.45) is 3.58. The highest BCUT2D eigenvalue weighted by Gasteiger charge is 2.31. The normalized spacial score (nSPS) is 26.5. The van der Waals surface area contributed by atoms with Crippen LogP contribution in [0.15, 0.2) is 0 Å². The number of likely N-dealkylation sites (tertiary alicyclic amines) is 1. The van der Waals surface area contributed by atoms with E-state index < -0.39 is 0 Å². The SMILES string of the molecule is CC(CC(=O)NC1CCN(C)C1=O)C1CCNCC1. The smallest absolute Gasteiger partial charge is 0.244 e. The van der Waals surface area contributed by atoms with Crippen LogP contribution in [0, 0.1) is 11.8 Å². The van der Waals surface area contributed by atoms with Gasteiger partial charge in [0.25, 0.3) is 0 Å². The molecule has 0 spiro atoms. The van der Waals surface area contributed by atoms with Gasteiger partial charge in [0.15, 0.2) is 0 Å². The van der Waals surface area contributed by atoms with Gasteiger partial charge in [-0.1, -0.05) is 6.92 Å². The van der Waals surface area contributed by atoms with E-state index in [4.69, 9.17) is 0 Å². The van der Waals surface area contributed by atoms with Gasteiger partial charge in [0, 0.05) is 20.0 Å². The lowest BCUT2D eigenvalue weighted by Crippen LogP contribution is -2.41. The Bertz CT molecular complexity index is 340. The standard InChI is InChI=1S/C14H25N3O2/c1-10(11-3-6-15-7-4-11)9-13(18)16-12-5-8-17(2)14(12)19/h10-12,15H,3-9H2,1-2H3,(H,16,18). The first-order chi connectivity index (χ1) is 9.08. The molecule has 0 radical (unpaired) electrons. The lowest BCUT2D eigenvalue weighted by molar-refractivity contribution is -0.132. The van der Waals surface area contributed by atoms with E-state index in [0.717, 1.165) is 38.9 Å². The van der Waals surface area contributed by atoms with Crippen molar-refractivity contribution >= 4 is 11.8 Å². The number of amides is 2. The van der Waals surface area contributed by atoms with Gasteiger partial charge in [-0.25, -0.2) is 0 Å². The van der Waals surface area contributed by atoms with E-state index in [1.165, 1.54) is 0 Å². The van der Waals surface area contributed by atoms with Crippen molar-refractivity contribution < 1.29 is 9.59 Å². The fourth-order valence-corrected chi connectivity index (χ4v) is 3.08. The highest BCUT2D eigenvalue weighted by Crippen LogP contribution is 2.24. The molecule has 2 aliphatic rings. The van der Waals surface area contributed by atoms with E-state index in [0.29, 0.717) is 18.3 Å². The summed E-state index contributed by atoms with van der Waals surface area (Å²) in [4.78, 5) is 25.4. The second-order valence-corrected chi connectivity index (χ2v) is 5.94. The number of hydrogen-bond acceptors (Lipinski definition) is 3. The lowest BCUT2D eigenvalue weighted by Gasteiger charge is -2.28. The Hall–Kier alpha value is -1.10. The summed E-state index contributed by atoms with van der Waals surface area (Å²) in [6, 6.07) is -0.294. The van der Waals surface area contributed by atoms with Crippen LogP contribution >= 0.6 is 0 Å². The van der Waals surface area contributed by atoms with Crippen molar-refractivity contribution in [1.82, 2.24) is 15.5 Å². The topological polar surface area (TPSA) is 61.4 Å². The number of piperidine rings is 1. The van der Waals surface area contributed by atoms with Crippen LogP contribution in [-0.4, -0.2) is 49.4 Å². The first kappa shape index (κ1) is 14.3. The number of hydrogen-bond donors (Lipinski definition) is 2. The van der Waals surface area contributed by atoms with Gasteiger partial charge in [0.1, 0.15) is 6.04 Å².